The highest BCUT2D eigenvalue weighted by Crippen LogP contribution is 2.43. The van der Waals surface area contributed by atoms with Gasteiger partial charge in [0.05, 0.1) is 0 Å². The lowest BCUT2D eigenvalue weighted by Gasteiger charge is -2.45. The monoisotopic (exact) mass is 180 g/mol. The first-order valence-electron chi connectivity index (χ1n) is 5.34. The second-order valence-electron chi connectivity index (χ2n) is 4.54. The Morgan fingerprint density at radius 2 is 2.38 bits per heavy atom. The zero-order chi connectivity index (χ0) is 9.31. The average molecular weight is 180 g/mol. The number of hydrogen-bond donors (Lipinski definition) is 1. The predicted molar refractivity (Wildman–Crippen MR) is 55.8 cm³/mol. The topological polar surface area (TPSA) is 15.3 Å². The van der Waals surface area contributed by atoms with Crippen LogP contribution in [0.15, 0.2) is 12.7 Å². The molecule has 0 radical (unpaired) electrons. The Morgan fingerprint density at radius 1 is 1.62 bits per heavy atom. The van der Waals surface area contributed by atoms with Crippen molar-refractivity contribution in [1.82, 2.24) is 10.2 Å². The van der Waals surface area contributed by atoms with Crippen molar-refractivity contribution in [3.8, 4) is 0 Å². The molecule has 0 aromatic carbocycles. The van der Waals surface area contributed by atoms with Gasteiger partial charge >= 0.3 is 0 Å². The fraction of sp³-hybridized carbons (Fsp3) is 0.818. The minimum atomic E-state index is 0.409. The quantitative estimate of drug-likeness (QED) is 0.658. The summed E-state index contributed by atoms with van der Waals surface area (Å²) in [5.41, 5.74) is 0.409. The molecule has 1 N–H and O–H groups in total. The Hall–Kier alpha value is -0.340. The molecule has 0 aromatic heterocycles. The third-order valence-corrected chi connectivity index (χ3v) is 3.57. The highest BCUT2D eigenvalue weighted by Gasteiger charge is 2.46. The fourth-order valence-corrected chi connectivity index (χ4v) is 2.49. The van der Waals surface area contributed by atoms with E-state index in [-0.39, 0.29) is 0 Å². The van der Waals surface area contributed by atoms with Crippen LogP contribution in [0, 0.1) is 5.92 Å². The third-order valence-electron chi connectivity index (χ3n) is 3.57. The first-order chi connectivity index (χ1) is 6.27. The summed E-state index contributed by atoms with van der Waals surface area (Å²) in [4.78, 5) is 2.59. The minimum Gasteiger partial charge on any atom is -0.314 e. The van der Waals surface area contributed by atoms with E-state index in [1.165, 1.54) is 19.4 Å². The molecule has 0 bridgehead atoms. The van der Waals surface area contributed by atoms with E-state index in [0.717, 1.165) is 25.6 Å². The van der Waals surface area contributed by atoms with E-state index in [0.29, 0.717) is 5.54 Å². The number of hydrogen-bond acceptors (Lipinski definition) is 2. The van der Waals surface area contributed by atoms with Crippen LogP contribution in [0.3, 0.4) is 0 Å². The molecule has 2 rings (SSSR count). The Morgan fingerprint density at radius 3 is 3.00 bits per heavy atom. The molecule has 1 aliphatic carbocycles. The van der Waals surface area contributed by atoms with Crippen LogP contribution in [0.4, 0.5) is 0 Å². The minimum absolute atomic E-state index is 0.409. The summed E-state index contributed by atoms with van der Waals surface area (Å²) in [5, 5.41) is 3.51. The largest absolute Gasteiger partial charge is 0.314 e. The van der Waals surface area contributed by atoms with Gasteiger partial charge in [0.25, 0.3) is 0 Å². The van der Waals surface area contributed by atoms with Gasteiger partial charge in [-0.15, -0.1) is 6.58 Å². The van der Waals surface area contributed by atoms with Crippen molar-refractivity contribution in [2.24, 2.45) is 5.92 Å². The fourth-order valence-electron chi connectivity index (χ4n) is 2.49. The summed E-state index contributed by atoms with van der Waals surface area (Å²) in [6.45, 7) is 10.8. The highest BCUT2D eigenvalue weighted by atomic mass is 15.3. The van der Waals surface area contributed by atoms with E-state index in [2.05, 4.69) is 23.7 Å². The van der Waals surface area contributed by atoms with E-state index in [1.807, 2.05) is 6.08 Å². The molecule has 2 aliphatic rings. The van der Waals surface area contributed by atoms with E-state index >= 15 is 0 Å². The molecule has 2 heteroatoms. The van der Waals surface area contributed by atoms with Gasteiger partial charge in [-0.05, 0) is 25.7 Å². The van der Waals surface area contributed by atoms with Gasteiger partial charge in [-0.3, -0.25) is 4.90 Å². The third kappa shape index (κ3) is 1.65. The van der Waals surface area contributed by atoms with Crippen LogP contribution in [-0.4, -0.2) is 36.6 Å². The number of nitrogens with zero attached hydrogens (tertiary/aromatic N) is 1. The van der Waals surface area contributed by atoms with Crippen molar-refractivity contribution < 1.29 is 0 Å². The first-order valence-corrected chi connectivity index (χ1v) is 5.34. The molecule has 13 heavy (non-hydrogen) atoms. The molecule has 0 aromatic rings. The van der Waals surface area contributed by atoms with Gasteiger partial charge in [0.1, 0.15) is 0 Å². The molecule has 1 saturated carbocycles. The normalized spacial score (nSPS) is 36.1. The Labute approximate surface area is 81.0 Å². The molecule has 0 amide bonds. The molecule has 2 nitrogen and oxygen atoms in total. The van der Waals surface area contributed by atoms with Crippen molar-refractivity contribution in [3.63, 3.8) is 0 Å². The second kappa shape index (κ2) is 3.43. The summed E-state index contributed by atoms with van der Waals surface area (Å²) in [6, 6.07) is 0. The first kappa shape index (κ1) is 9.22. The van der Waals surface area contributed by atoms with E-state index < -0.39 is 0 Å². The lowest BCUT2D eigenvalue weighted by atomic mass is 9.91. The standard InChI is InChI=1S/C11H20N2/c1-3-7-13-8-6-12-9-11(13,2)10-4-5-10/h3,10,12H,1,4-9H2,2H3. The van der Waals surface area contributed by atoms with Crippen LogP contribution >= 0.6 is 0 Å². The maximum atomic E-state index is 3.84. The van der Waals surface area contributed by atoms with Crippen LogP contribution in [0.5, 0.6) is 0 Å². The molecule has 1 heterocycles. The van der Waals surface area contributed by atoms with Crippen molar-refractivity contribution in [2.45, 2.75) is 25.3 Å². The summed E-state index contributed by atoms with van der Waals surface area (Å²) >= 11 is 0. The molecule has 1 aliphatic heterocycles. The Balaban J connectivity index is 2.06. The van der Waals surface area contributed by atoms with Crippen LogP contribution in [-0.2, 0) is 0 Å². The van der Waals surface area contributed by atoms with Crippen LogP contribution in [0.2, 0.25) is 0 Å². The van der Waals surface area contributed by atoms with Crippen molar-refractivity contribution >= 4 is 0 Å². The van der Waals surface area contributed by atoms with E-state index in [9.17, 15) is 0 Å². The summed E-state index contributed by atoms with van der Waals surface area (Å²) in [5.74, 6) is 0.931. The van der Waals surface area contributed by atoms with Gasteiger partial charge in [-0.25, -0.2) is 0 Å². The van der Waals surface area contributed by atoms with Crippen molar-refractivity contribution in [3.05, 3.63) is 12.7 Å². The van der Waals surface area contributed by atoms with Crippen molar-refractivity contribution in [1.29, 1.82) is 0 Å². The predicted octanol–water partition coefficient (Wildman–Crippen LogP) is 1.25. The van der Waals surface area contributed by atoms with Gasteiger partial charge in [-0.1, -0.05) is 6.08 Å². The van der Waals surface area contributed by atoms with Gasteiger partial charge < -0.3 is 5.32 Å². The summed E-state index contributed by atoms with van der Waals surface area (Å²) in [7, 11) is 0. The molecular weight excluding hydrogens is 160 g/mol. The maximum absolute atomic E-state index is 3.84. The Kier molecular flexibility index (Phi) is 2.43. The molecular formula is C11H20N2. The van der Waals surface area contributed by atoms with Crippen LogP contribution in [0.25, 0.3) is 0 Å². The zero-order valence-electron chi connectivity index (χ0n) is 8.55. The highest BCUT2D eigenvalue weighted by molar-refractivity contribution is 5.04. The number of piperazine rings is 1. The molecule has 1 saturated heterocycles. The molecule has 1 atom stereocenters. The molecule has 2 fully saturated rings. The van der Waals surface area contributed by atoms with Gasteiger partial charge in [0.2, 0.25) is 0 Å². The zero-order valence-corrected chi connectivity index (χ0v) is 8.55. The lowest BCUT2D eigenvalue weighted by Crippen LogP contribution is -2.60. The Bertz CT molecular complexity index is 198. The maximum Gasteiger partial charge on any atom is 0.0337 e. The van der Waals surface area contributed by atoms with Gasteiger partial charge in [0.15, 0.2) is 0 Å². The summed E-state index contributed by atoms with van der Waals surface area (Å²) < 4.78 is 0. The van der Waals surface area contributed by atoms with Gasteiger partial charge in [-0.2, -0.15) is 0 Å². The SMILES string of the molecule is C=CCN1CCNCC1(C)C1CC1. The molecule has 74 valence electrons. The molecule has 0 spiro atoms. The summed E-state index contributed by atoms with van der Waals surface area (Å²) in [6.07, 6.45) is 4.88. The number of nitrogens with one attached hydrogen (secondary N) is 1. The van der Waals surface area contributed by atoms with Crippen LogP contribution in [0.1, 0.15) is 19.8 Å². The molecule has 1 unspecified atom stereocenters. The van der Waals surface area contributed by atoms with Crippen LogP contribution < -0.4 is 5.32 Å². The van der Waals surface area contributed by atoms with Gasteiger partial charge in [0, 0.05) is 31.7 Å². The van der Waals surface area contributed by atoms with Crippen molar-refractivity contribution in [2.75, 3.05) is 26.2 Å². The van der Waals surface area contributed by atoms with E-state index in [4.69, 9.17) is 0 Å². The average Bonchev–Trinajstić information content (AvgIpc) is 2.92. The number of rotatable bonds is 3. The lowest BCUT2D eigenvalue weighted by molar-refractivity contribution is 0.0680. The second-order valence-corrected chi connectivity index (χ2v) is 4.54. The van der Waals surface area contributed by atoms with E-state index in [1.54, 1.807) is 0 Å². The smallest absolute Gasteiger partial charge is 0.0337 e.